The summed E-state index contributed by atoms with van der Waals surface area (Å²) in [6.45, 7) is 4.63. The van der Waals surface area contributed by atoms with Gasteiger partial charge in [0.1, 0.15) is 30.9 Å². The van der Waals surface area contributed by atoms with E-state index in [1.54, 1.807) is 4.90 Å². The third kappa shape index (κ3) is 6.64. The molecular weight excluding hydrogens is 560 g/mol. The van der Waals surface area contributed by atoms with Crippen molar-refractivity contribution in [2.75, 3.05) is 13.1 Å². The van der Waals surface area contributed by atoms with Gasteiger partial charge in [0.15, 0.2) is 5.82 Å². The zero-order valence-corrected chi connectivity index (χ0v) is 21.0. The minimum Gasteiger partial charge on any atom is -0.542 e. The second kappa shape index (κ2) is 10.6. The SMILES string of the molecule is Clc1ccc2c(c1)C[NH+](C1CC1)Cc1nnc(C3CC4(C[NH2+]C4)C3)n1-2.O=C([O-])C(F)(F)F.O=C([O-])C(F)(F)F. The molecule has 6 rings (SSSR count). The normalized spacial score (nSPS) is 21.5. The lowest BCUT2D eigenvalue weighted by molar-refractivity contribution is -0.938. The fourth-order valence-electron chi connectivity index (χ4n) is 5.23. The molecule has 1 unspecified atom stereocenters. The molecule has 1 atom stereocenters. The van der Waals surface area contributed by atoms with E-state index < -0.39 is 24.3 Å². The van der Waals surface area contributed by atoms with Gasteiger partial charge in [-0.05, 0) is 31.0 Å². The molecule has 1 aromatic heterocycles. The van der Waals surface area contributed by atoms with E-state index in [2.05, 4.69) is 32.2 Å². The Morgan fingerprint density at radius 3 is 2.03 bits per heavy atom. The lowest BCUT2D eigenvalue weighted by Crippen LogP contribution is -3.10. The predicted octanol–water partition coefficient (Wildman–Crippen LogP) is -0.980. The summed E-state index contributed by atoms with van der Waals surface area (Å²) < 4.78 is 65.5. The smallest absolute Gasteiger partial charge is 0.430 e. The summed E-state index contributed by atoms with van der Waals surface area (Å²) >= 11 is 6.33. The molecule has 214 valence electrons. The number of aromatic nitrogens is 3. The first-order valence-electron chi connectivity index (χ1n) is 12.1. The van der Waals surface area contributed by atoms with Crippen LogP contribution in [0.25, 0.3) is 5.69 Å². The van der Waals surface area contributed by atoms with Crippen molar-refractivity contribution in [2.45, 2.75) is 63.1 Å². The summed E-state index contributed by atoms with van der Waals surface area (Å²) in [5, 5.41) is 30.1. The molecule has 2 aromatic rings. The number of carbonyl (C=O) groups is 2. The van der Waals surface area contributed by atoms with Crippen molar-refractivity contribution in [2.24, 2.45) is 5.41 Å². The molecule has 4 aliphatic rings. The van der Waals surface area contributed by atoms with Crippen LogP contribution in [0.1, 0.15) is 48.8 Å². The number of benzene rings is 1. The summed E-state index contributed by atoms with van der Waals surface area (Å²) in [6.07, 6.45) is -5.14. The summed E-state index contributed by atoms with van der Waals surface area (Å²) in [5.74, 6) is -3.12. The van der Waals surface area contributed by atoms with E-state index in [0.29, 0.717) is 11.3 Å². The lowest BCUT2D eigenvalue weighted by Gasteiger charge is -2.50. The molecule has 39 heavy (non-hydrogen) atoms. The van der Waals surface area contributed by atoms with Crippen LogP contribution in [0.3, 0.4) is 0 Å². The van der Waals surface area contributed by atoms with Gasteiger partial charge in [0.05, 0.1) is 30.2 Å². The molecule has 1 saturated heterocycles. The van der Waals surface area contributed by atoms with E-state index in [-0.39, 0.29) is 0 Å². The number of hydrogen-bond donors (Lipinski definition) is 2. The van der Waals surface area contributed by atoms with Gasteiger partial charge in [-0.3, -0.25) is 4.57 Å². The Hall–Kier alpha value is -2.91. The molecule has 0 radical (unpaired) electrons. The Morgan fingerprint density at radius 1 is 1.00 bits per heavy atom. The lowest BCUT2D eigenvalue weighted by atomic mass is 9.58. The van der Waals surface area contributed by atoms with E-state index >= 15 is 0 Å². The molecule has 2 aliphatic heterocycles. The van der Waals surface area contributed by atoms with Crippen molar-refractivity contribution >= 4 is 23.5 Å². The molecule has 16 heteroatoms. The molecule has 9 nitrogen and oxygen atoms in total. The number of hydrogen-bond acceptors (Lipinski definition) is 6. The van der Waals surface area contributed by atoms with Gasteiger partial charge in [0.2, 0.25) is 0 Å². The van der Waals surface area contributed by atoms with Crippen molar-refractivity contribution in [3.8, 4) is 5.69 Å². The van der Waals surface area contributed by atoms with E-state index in [0.717, 1.165) is 30.0 Å². The molecule has 3 heterocycles. The van der Waals surface area contributed by atoms with Crippen LogP contribution in [0, 0.1) is 5.41 Å². The van der Waals surface area contributed by atoms with E-state index in [4.69, 9.17) is 31.4 Å². The Labute approximate surface area is 222 Å². The minimum atomic E-state index is -5.19. The van der Waals surface area contributed by atoms with Crippen molar-refractivity contribution in [1.29, 1.82) is 0 Å². The Bertz CT molecular complexity index is 1210. The molecule has 0 bridgehead atoms. The predicted molar refractivity (Wildman–Crippen MR) is 116 cm³/mol. The molecule has 3 N–H and O–H groups in total. The maximum absolute atomic E-state index is 10.5. The highest BCUT2D eigenvalue weighted by Crippen LogP contribution is 2.51. The number of quaternary nitrogens is 2. The fourth-order valence-corrected chi connectivity index (χ4v) is 5.42. The molecule has 1 spiro atoms. The third-order valence-electron chi connectivity index (χ3n) is 7.34. The third-order valence-corrected chi connectivity index (χ3v) is 7.57. The number of nitrogens with two attached hydrogens (primary N) is 1. The van der Waals surface area contributed by atoms with Crippen molar-refractivity contribution in [3.05, 3.63) is 40.4 Å². The Morgan fingerprint density at radius 2 is 1.56 bits per heavy atom. The van der Waals surface area contributed by atoms with Crippen molar-refractivity contribution < 1.29 is 56.4 Å². The summed E-state index contributed by atoms with van der Waals surface area (Å²) in [7, 11) is 0. The fraction of sp³-hybridized carbons (Fsp3) is 0.565. The summed E-state index contributed by atoms with van der Waals surface area (Å²) in [5.41, 5.74) is 3.21. The number of aliphatic carboxylic acids is 2. The Kier molecular flexibility index (Phi) is 7.89. The van der Waals surface area contributed by atoms with Crippen LogP contribution in [-0.4, -0.2) is 58.2 Å². The average Bonchev–Trinajstić information content (AvgIpc) is 3.55. The number of halogens is 7. The second-order valence-corrected chi connectivity index (χ2v) is 10.7. The first-order chi connectivity index (χ1) is 18.1. The van der Waals surface area contributed by atoms with Gasteiger partial charge in [-0.2, -0.15) is 26.3 Å². The van der Waals surface area contributed by atoms with Crippen LogP contribution in [-0.2, 0) is 22.7 Å². The van der Waals surface area contributed by atoms with Crippen LogP contribution in [0.4, 0.5) is 26.3 Å². The van der Waals surface area contributed by atoms with Crippen LogP contribution in [0.5, 0.6) is 0 Å². The maximum Gasteiger partial charge on any atom is 0.430 e. The van der Waals surface area contributed by atoms with Gasteiger partial charge < -0.3 is 30.0 Å². The summed E-state index contributed by atoms with van der Waals surface area (Å²) in [4.78, 5) is 19.2. The molecule has 0 amide bonds. The van der Waals surface area contributed by atoms with E-state index in [1.165, 1.54) is 55.8 Å². The number of nitrogens with zero attached hydrogens (tertiary/aromatic N) is 3. The number of nitrogens with one attached hydrogen (secondary N) is 1. The van der Waals surface area contributed by atoms with Gasteiger partial charge in [0, 0.05) is 29.3 Å². The molecule has 1 aromatic carbocycles. The summed E-state index contributed by atoms with van der Waals surface area (Å²) in [6, 6.07) is 7.13. The van der Waals surface area contributed by atoms with Crippen LogP contribution in [0.15, 0.2) is 18.2 Å². The van der Waals surface area contributed by atoms with Crippen LogP contribution < -0.4 is 20.4 Å². The average molecular weight is 584 g/mol. The number of carbonyl (C=O) groups excluding carboxylic acids is 2. The number of fused-ring (bicyclic) bond motifs is 3. The van der Waals surface area contributed by atoms with Crippen molar-refractivity contribution in [3.63, 3.8) is 0 Å². The Balaban J connectivity index is 0.000000211. The number of carboxylic acid groups (broad SMARTS) is 2. The zero-order chi connectivity index (χ0) is 28.8. The van der Waals surface area contributed by atoms with Gasteiger partial charge in [-0.1, -0.05) is 11.6 Å². The number of alkyl halides is 6. The van der Waals surface area contributed by atoms with E-state index in [1.807, 2.05) is 6.07 Å². The van der Waals surface area contributed by atoms with Crippen molar-refractivity contribution in [1.82, 2.24) is 14.8 Å². The highest BCUT2D eigenvalue weighted by molar-refractivity contribution is 6.30. The molecule has 2 saturated carbocycles. The van der Waals surface area contributed by atoms with Gasteiger partial charge in [-0.15, -0.1) is 10.2 Å². The molecule has 3 fully saturated rings. The van der Waals surface area contributed by atoms with Gasteiger partial charge in [0.25, 0.3) is 0 Å². The standard InChI is InChI=1S/C19H22ClN5.2C2HF3O2/c20-14-1-4-16-12(5-14)8-24(15-2-3-15)9-17-22-23-18(25(16)17)13-6-19(7-13)10-21-11-19;2*3-2(4,5)1(6)7/h1,4-5,13,15,21H,2-3,6-11H2;2*(H,6,7). The highest BCUT2D eigenvalue weighted by atomic mass is 35.5. The molecular formula is C23H24ClF6N5O4. The first kappa shape index (κ1) is 29.1. The monoisotopic (exact) mass is 583 g/mol. The first-order valence-corrected chi connectivity index (χ1v) is 12.4. The maximum atomic E-state index is 10.5. The second-order valence-electron chi connectivity index (χ2n) is 10.2. The topological polar surface area (TPSA) is 132 Å². The van der Waals surface area contributed by atoms with E-state index in [9.17, 15) is 26.3 Å². The quantitative estimate of drug-likeness (QED) is 0.437. The number of rotatable bonds is 2. The molecule has 2 aliphatic carbocycles. The van der Waals surface area contributed by atoms with Gasteiger partial charge in [-0.25, -0.2) is 0 Å². The van der Waals surface area contributed by atoms with Crippen LogP contribution in [0.2, 0.25) is 5.02 Å². The highest BCUT2D eigenvalue weighted by Gasteiger charge is 2.54. The van der Waals surface area contributed by atoms with Gasteiger partial charge >= 0.3 is 12.4 Å². The zero-order valence-electron chi connectivity index (χ0n) is 20.2. The number of carboxylic acids is 2. The van der Waals surface area contributed by atoms with Crippen LogP contribution >= 0.6 is 11.6 Å². The largest absolute Gasteiger partial charge is 0.542 e. The minimum absolute atomic E-state index is 0.570.